The Balaban J connectivity index is 1.82. The van der Waals surface area contributed by atoms with Gasteiger partial charge in [0.1, 0.15) is 30.6 Å². The van der Waals surface area contributed by atoms with Crippen LogP contribution in [0.4, 0.5) is 0 Å². The molecule has 0 bridgehead atoms. The van der Waals surface area contributed by atoms with Gasteiger partial charge in [-0.2, -0.15) is 10.4 Å². The van der Waals surface area contributed by atoms with Gasteiger partial charge in [0, 0.05) is 17.8 Å². The molecule has 0 saturated carbocycles. The minimum absolute atomic E-state index is 0.0759. The maximum Gasteiger partial charge on any atom is 0.328 e. The van der Waals surface area contributed by atoms with Crippen molar-refractivity contribution in [2.45, 2.75) is 39.5 Å². The number of fused-ring (bicyclic) bond motifs is 1. The number of aromatic nitrogens is 4. The third-order valence-electron chi connectivity index (χ3n) is 3.51. The molecule has 0 atom stereocenters. The first-order chi connectivity index (χ1) is 12.9. The Kier molecular flexibility index (Phi) is 5.03. The Morgan fingerprint density at radius 2 is 2.00 bits per heavy atom. The zero-order valence-electron chi connectivity index (χ0n) is 15.3. The smallest absolute Gasteiger partial charge is 0.328 e. The fraction of sp³-hybridized carbons (Fsp3) is 0.316. The van der Waals surface area contributed by atoms with Crippen molar-refractivity contribution in [1.29, 1.82) is 5.26 Å². The van der Waals surface area contributed by atoms with Gasteiger partial charge in [-0.05, 0) is 45.0 Å². The molecule has 3 aromatic rings. The van der Waals surface area contributed by atoms with E-state index in [-0.39, 0.29) is 18.8 Å². The molecule has 0 unspecified atom stereocenters. The molecule has 8 heteroatoms. The van der Waals surface area contributed by atoms with E-state index < -0.39 is 11.6 Å². The van der Waals surface area contributed by atoms with Crippen molar-refractivity contribution in [3.8, 4) is 11.8 Å². The molecule has 0 amide bonds. The molecule has 2 aromatic heterocycles. The lowest BCUT2D eigenvalue weighted by atomic mass is 10.2. The molecule has 0 aliphatic carbocycles. The SMILES string of the molecule is CC(C)(C)OC(=O)Cn1nc(C#N)c2cc(OCc3ncccn3)ccc21. The molecule has 138 valence electrons. The number of rotatable bonds is 5. The van der Waals surface area contributed by atoms with E-state index in [0.29, 0.717) is 22.5 Å². The van der Waals surface area contributed by atoms with Crippen LogP contribution in [0.15, 0.2) is 36.7 Å². The average molecular weight is 365 g/mol. The summed E-state index contributed by atoms with van der Waals surface area (Å²) in [5, 5.41) is 14.2. The van der Waals surface area contributed by atoms with Crippen LogP contribution in [0.1, 0.15) is 32.3 Å². The van der Waals surface area contributed by atoms with E-state index in [0.717, 1.165) is 0 Å². The molecule has 1 aromatic carbocycles. The molecule has 27 heavy (non-hydrogen) atoms. The summed E-state index contributed by atoms with van der Waals surface area (Å²) in [6.45, 7) is 5.53. The highest BCUT2D eigenvalue weighted by atomic mass is 16.6. The van der Waals surface area contributed by atoms with Gasteiger partial charge in [-0.25, -0.2) is 9.97 Å². The lowest BCUT2D eigenvalue weighted by Gasteiger charge is -2.19. The quantitative estimate of drug-likeness (QED) is 0.640. The van der Waals surface area contributed by atoms with Crippen LogP contribution in [0, 0.1) is 11.3 Å². The molecule has 8 nitrogen and oxygen atoms in total. The molecule has 3 rings (SSSR count). The molecule has 0 aliphatic rings. The summed E-state index contributed by atoms with van der Waals surface area (Å²) < 4.78 is 12.5. The van der Waals surface area contributed by atoms with Gasteiger partial charge in [0.15, 0.2) is 11.5 Å². The number of carbonyl (C=O) groups excluding carboxylic acids is 1. The van der Waals surface area contributed by atoms with Crippen LogP contribution in [0.2, 0.25) is 0 Å². The van der Waals surface area contributed by atoms with Gasteiger partial charge in [0.2, 0.25) is 0 Å². The first kappa shape index (κ1) is 18.3. The zero-order chi connectivity index (χ0) is 19.4. The van der Waals surface area contributed by atoms with Crippen molar-refractivity contribution >= 4 is 16.9 Å². The Labute approximate surface area is 156 Å². The van der Waals surface area contributed by atoms with Crippen molar-refractivity contribution < 1.29 is 14.3 Å². The van der Waals surface area contributed by atoms with Crippen LogP contribution < -0.4 is 4.74 Å². The minimum Gasteiger partial charge on any atom is -0.486 e. The van der Waals surface area contributed by atoms with Gasteiger partial charge in [0.05, 0.1) is 5.52 Å². The van der Waals surface area contributed by atoms with E-state index in [1.165, 1.54) is 4.68 Å². The second-order valence-electron chi connectivity index (χ2n) is 6.84. The number of esters is 1. The molecule has 2 heterocycles. The molecule has 0 saturated heterocycles. The van der Waals surface area contributed by atoms with Gasteiger partial charge in [-0.15, -0.1) is 0 Å². The first-order valence-electron chi connectivity index (χ1n) is 8.37. The lowest BCUT2D eigenvalue weighted by Crippen LogP contribution is -2.26. The van der Waals surface area contributed by atoms with E-state index in [9.17, 15) is 10.1 Å². The number of ether oxygens (including phenoxy) is 2. The van der Waals surface area contributed by atoms with Gasteiger partial charge in [-0.1, -0.05) is 0 Å². The summed E-state index contributed by atoms with van der Waals surface area (Å²) in [5.74, 6) is 0.694. The Morgan fingerprint density at radius 1 is 1.26 bits per heavy atom. The normalized spacial score (nSPS) is 11.2. The van der Waals surface area contributed by atoms with Gasteiger partial charge in [0.25, 0.3) is 0 Å². The first-order valence-corrected chi connectivity index (χ1v) is 8.37. The average Bonchev–Trinajstić information content (AvgIpc) is 2.96. The van der Waals surface area contributed by atoms with E-state index in [1.807, 2.05) is 6.07 Å². The molecule has 0 aliphatic heterocycles. The minimum atomic E-state index is -0.585. The maximum atomic E-state index is 12.1. The largest absolute Gasteiger partial charge is 0.486 e. The summed E-state index contributed by atoms with van der Waals surface area (Å²) >= 11 is 0. The fourth-order valence-corrected chi connectivity index (χ4v) is 2.50. The predicted octanol–water partition coefficient (Wildman–Crippen LogP) is 2.62. The van der Waals surface area contributed by atoms with E-state index in [2.05, 4.69) is 15.1 Å². The predicted molar refractivity (Wildman–Crippen MR) is 96.7 cm³/mol. The summed E-state index contributed by atoms with van der Waals surface area (Å²) in [6.07, 6.45) is 3.28. The van der Waals surface area contributed by atoms with Crippen LogP contribution >= 0.6 is 0 Å². The zero-order valence-corrected chi connectivity index (χ0v) is 15.3. The molecule has 0 N–H and O–H groups in total. The number of hydrogen-bond acceptors (Lipinski definition) is 7. The second kappa shape index (κ2) is 7.41. The fourth-order valence-electron chi connectivity index (χ4n) is 2.50. The summed E-state index contributed by atoms with van der Waals surface area (Å²) in [7, 11) is 0. The van der Waals surface area contributed by atoms with Gasteiger partial charge < -0.3 is 9.47 Å². The van der Waals surface area contributed by atoms with Crippen LogP contribution in [0.25, 0.3) is 10.9 Å². The van der Waals surface area contributed by atoms with Gasteiger partial charge in [-0.3, -0.25) is 9.48 Å². The number of benzene rings is 1. The second-order valence-corrected chi connectivity index (χ2v) is 6.84. The van der Waals surface area contributed by atoms with Gasteiger partial charge >= 0.3 is 5.97 Å². The Bertz CT molecular complexity index is 1000. The Hall–Kier alpha value is -3.47. The molecule has 0 radical (unpaired) electrons. The highest BCUT2D eigenvalue weighted by Crippen LogP contribution is 2.24. The van der Waals surface area contributed by atoms with Crippen molar-refractivity contribution in [3.63, 3.8) is 0 Å². The van der Waals surface area contributed by atoms with Crippen LogP contribution in [0.5, 0.6) is 5.75 Å². The maximum absolute atomic E-state index is 12.1. The van der Waals surface area contributed by atoms with E-state index >= 15 is 0 Å². The number of nitriles is 1. The highest BCUT2D eigenvalue weighted by Gasteiger charge is 2.19. The molecular formula is C19H19N5O3. The number of carbonyl (C=O) groups is 1. The van der Waals surface area contributed by atoms with Crippen LogP contribution in [-0.2, 0) is 22.7 Å². The lowest BCUT2D eigenvalue weighted by molar-refractivity contribution is -0.155. The summed E-state index contributed by atoms with van der Waals surface area (Å²) in [4.78, 5) is 20.3. The van der Waals surface area contributed by atoms with E-state index in [4.69, 9.17) is 9.47 Å². The van der Waals surface area contributed by atoms with Crippen molar-refractivity contribution in [2.24, 2.45) is 0 Å². The number of hydrogen-bond donors (Lipinski definition) is 0. The van der Waals surface area contributed by atoms with Crippen molar-refractivity contribution in [2.75, 3.05) is 0 Å². The van der Waals surface area contributed by atoms with Crippen molar-refractivity contribution in [1.82, 2.24) is 19.7 Å². The van der Waals surface area contributed by atoms with Crippen LogP contribution in [0.3, 0.4) is 0 Å². The number of nitrogens with zero attached hydrogens (tertiary/aromatic N) is 5. The molecule has 0 fully saturated rings. The Morgan fingerprint density at radius 3 is 2.67 bits per heavy atom. The third-order valence-corrected chi connectivity index (χ3v) is 3.51. The summed E-state index contributed by atoms with van der Waals surface area (Å²) in [5.41, 5.74) is 0.286. The third kappa shape index (κ3) is 4.58. The van der Waals surface area contributed by atoms with E-state index in [1.54, 1.807) is 57.4 Å². The monoisotopic (exact) mass is 365 g/mol. The molecular weight excluding hydrogens is 346 g/mol. The van der Waals surface area contributed by atoms with Crippen molar-refractivity contribution in [3.05, 3.63) is 48.2 Å². The molecule has 0 spiro atoms. The topological polar surface area (TPSA) is 103 Å². The highest BCUT2D eigenvalue weighted by molar-refractivity contribution is 5.86. The van der Waals surface area contributed by atoms with Crippen LogP contribution in [-0.4, -0.2) is 31.3 Å². The standard InChI is InChI=1S/C19H19N5O3/c1-19(2,3)27-18(25)11-24-16-6-5-13(9-14(16)15(10-20)23-24)26-12-17-21-7-4-8-22-17/h4-9H,11-12H2,1-3H3. The summed E-state index contributed by atoms with van der Waals surface area (Å²) in [6, 6.07) is 9.00.